The van der Waals surface area contributed by atoms with Crippen LogP contribution in [0, 0.1) is 0 Å². The Morgan fingerprint density at radius 1 is 0.377 bits per heavy atom. The zero-order valence-corrected chi connectivity index (χ0v) is 35.6. The number of benzene rings is 7. The van der Waals surface area contributed by atoms with Crippen LogP contribution in [0.2, 0.25) is 0 Å². The van der Waals surface area contributed by atoms with Crippen molar-refractivity contribution in [3.05, 3.63) is 238 Å². The first-order chi connectivity index (χ1) is 29.7. The molecule has 3 aliphatic carbocycles. The van der Waals surface area contributed by atoms with Gasteiger partial charge >= 0.3 is 0 Å². The molecule has 0 saturated heterocycles. The third-order valence-electron chi connectivity index (χ3n) is 13.1. The molecule has 3 aliphatic rings. The summed E-state index contributed by atoms with van der Waals surface area (Å²) in [7, 11) is 0. The molecule has 0 fully saturated rings. The fraction of sp³-hybridized carbons (Fsp3) is 0.133. The second-order valence-corrected chi connectivity index (χ2v) is 17.8. The van der Waals surface area contributed by atoms with E-state index in [9.17, 15) is 0 Å². The number of nitrogens with zero attached hydrogens (tertiary/aromatic N) is 1. The highest BCUT2D eigenvalue weighted by molar-refractivity contribution is 5.89. The summed E-state index contributed by atoms with van der Waals surface area (Å²) in [5.41, 5.74) is 21.2. The van der Waals surface area contributed by atoms with Gasteiger partial charge in [-0.1, -0.05) is 204 Å². The highest BCUT2D eigenvalue weighted by Crippen LogP contribution is 2.53. The lowest BCUT2D eigenvalue weighted by Crippen LogP contribution is -2.18. The molecular weight excluding hydrogens is 735 g/mol. The van der Waals surface area contributed by atoms with Gasteiger partial charge in [-0.3, -0.25) is 0 Å². The maximum Gasteiger partial charge on any atom is 0.0465 e. The maximum absolute atomic E-state index is 2.46. The molecule has 0 saturated carbocycles. The fourth-order valence-electron chi connectivity index (χ4n) is 9.62. The molecule has 0 heterocycles. The first kappa shape index (κ1) is 38.3. The van der Waals surface area contributed by atoms with Gasteiger partial charge in [-0.15, -0.1) is 0 Å². The number of hydrogen-bond donors (Lipinski definition) is 0. The summed E-state index contributed by atoms with van der Waals surface area (Å²) in [5, 5.41) is 0. The van der Waals surface area contributed by atoms with E-state index in [1.807, 2.05) is 0 Å². The summed E-state index contributed by atoms with van der Waals surface area (Å²) in [4.78, 5) is 2.46. The van der Waals surface area contributed by atoms with E-state index in [0.717, 1.165) is 29.9 Å². The van der Waals surface area contributed by atoms with Crippen molar-refractivity contribution in [3.8, 4) is 22.3 Å². The van der Waals surface area contributed by atoms with E-state index in [4.69, 9.17) is 0 Å². The molecule has 0 amide bonds. The summed E-state index contributed by atoms with van der Waals surface area (Å²) in [6.45, 7) is 9.54. The number of anilines is 3. The van der Waals surface area contributed by atoms with E-state index in [1.54, 1.807) is 0 Å². The van der Waals surface area contributed by atoms with Crippen molar-refractivity contribution >= 4 is 47.4 Å². The lowest BCUT2D eigenvalue weighted by atomic mass is 9.81. The van der Waals surface area contributed by atoms with Crippen molar-refractivity contribution in [2.45, 2.75) is 51.4 Å². The number of hydrogen-bond acceptors (Lipinski definition) is 1. The van der Waals surface area contributed by atoms with Gasteiger partial charge in [0.15, 0.2) is 0 Å². The molecule has 1 heteroatoms. The highest BCUT2D eigenvalue weighted by atomic mass is 15.1. The second kappa shape index (κ2) is 15.6. The van der Waals surface area contributed by atoms with Gasteiger partial charge < -0.3 is 4.90 Å². The minimum absolute atomic E-state index is 0.166. The first-order valence-electron chi connectivity index (χ1n) is 21.7. The van der Waals surface area contributed by atoms with E-state index < -0.39 is 0 Å². The minimum atomic E-state index is -0.174. The van der Waals surface area contributed by atoms with E-state index in [-0.39, 0.29) is 10.8 Å². The van der Waals surface area contributed by atoms with Crippen LogP contribution < -0.4 is 4.90 Å². The molecule has 0 N–H and O–H groups in total. The molecule has 0 aliphatic heterocycles. The predicted molar refractivity (Wildman–Crippen MR) is 262 cm³/mol. The molecular formula is C60H51N. The lowest BCUT2D eigenvalue weighted by Gasteiger charge is -2.30. The normalized spacial score (nSPS) is 15.5. The summed E-state index contributed by atoms with van der Waals surface area (Å²) in [5.74, 6) is 0. The van der Waals surface area contributed by atoms with E-state index in [2.05, 4.69) is 245 Å². The predicted octanol–water partition coefficient (Wildman–Crippen LogP) is 16.4. The van der Waals surface area contributed by atoms with Crippen LogP contribution in [0.15, 0.2) is 188 Å². The van der Waals surface area contributed by atoms with Gasteiger partial charge in [-0.05, 0) is 127 Å². The van der Waals surface area contributed by atoms with Crippen molar-refractivity contribution in [2.24, 2.45) is 0 Å². The number of rotatable bonds is 9. The highest BCUT2D eigenvalue weighted by Gasteiger charge is 2.38. The van der Waals surface area contributed by atoms with Crippen LogP contribution in [0.25, 0.3) is 52.6 Å². The number of fused-ring (bicyclic) bond motifs is 6. The first-order valence-corrected chi connectivity index (χ1v) is 21.7. The van der Waals surface area contributed by atoms with Gasteiger partial charge in [-0.25, -0.2) is 0 Å². The molecule has 296 valence electrons. The maximum atomic E-state index is 2.46. The van der Waals surface area contributed by atoms with Gasteiger partial charge in [0.1, 0.15) is 0 Å². The van der Waals surface area contributed by atoms with Crippen LogP contribution in [0.4, 0.5) is 17.1 Å². The Hall–Kier alpha value is -6.96. The van der Waals surface area contributed by atoms with Gasteiger partial charge in [0, 0.05) is 27.9 Å². The molecule has 0 aromatic heterocycles. The van der Waals surface area contributed by atoms with E-state index in [1.165, 1.54) is 77.9 Å². The molecule has 7 aromatic carbocycles. The Morgan fingerprint density at radius 2 is 0.770 bits per heavy atom. The molecule has 1 nitrogen and oxygen atoms in total. The van der Waals surface area contributed by atoms with Crippen molar-refractivity contribution in [3.63, 3.8) is 0 Å². The minimum Gasteiger partial charge on any atom is -0.310 e. The topological polar surface area (TPSA) is 3.24 Å². The quantitative estimate of drug-likeness (QED) is 0.132. The van der Waals surface area contributed by atoms with E-state index in [0.29, 0.717) is 0 Å². The second-order valence-electron chi connectivity index (χ2n) is 17.8. The Labute approximate surface area is 362 Å². The Balaban J connectivity index is 1.03. The van der Waals surface area contributed by atoms with Crippen molar-refractivity contribution in [1.29, 1.82) is 0 Å². The smallest absolute Gasteiger partial charge is 0.0465 e. The van der Waals surface area contributed by atoms with Crippen LogP contribution in [-0.4, -0.2) is 0 Å². The van der Waals surface area contributed by atoms with Gasteiger partial charge in [-0.2, -0.15) is 0 Å². The monoisotopic (exact) mass is 785 g/mol. The van der Waals surface area contributed by atoms with Gasteiger partial charge in [0.2, 0.25) is 0 Å². The largest absolute Gasteiger partial charge is 0.310 e. The van der Waals surface area contributed by atoms with Crippen molar-refractivity contribution in [1.82, 2.24) is 0 Å². The Morgan fingerprint density at radius 3 is 1.25 bits per heavy atom. The molecule has 61 heavy (non-hydrogen) atoms. The van der Waals surface area contributed by atoms with Crippen LogP contribution in [-0.2, 0) is 10.8 Å². The molecule has 0 unspecified atom stereocenters. The summed E-state index contributed by atoms with van der Waals surface area (Å²) >= 11 is 0. The van der Waals surface area contributed by atoms with Gasteiger partial charge in [0.05, 0.1) is 0 Å². The summed E-state index contributed by atoms with van der Waals surface area (Å²) in [6.07, 6.45) is 22.4. The average molecular weight is 786 g/mol. The number of allylic oxidation sites excluding steroid dienone is 5. The zero-order valence-electron chi connectivity index (χ0n) is 35.6. The molecule has 0 radical (unpaired) electrons. The average Bonchev–Trinajstić information content (AvgIpc) is 3.66. The van der Waals surface area contributed by atoms with Crippen LogP contribution in [0.3, 0.4) is 0 Å². The van der Waals surface area contributed by atoms with Crippen LogP contribution >= 0.6 is 0 Å². The molecule has 0 spiro atoms. The lowest BCUT2D eigenvalue weighted by molar-refractivity contribution is 0.660. The molecule has 10 rings (SSSR count). The van der Waals surface area contributed by atoms with E-state index >= 15 is 0 Å². The van der Waals surface area contributed by atoms with Crippen molar-refractivity contribution < 1.29 is 0 Å². The summed E-state index contributed by atoms with van der Waals surface area (Å²) < 4.78 is 0. The van der Waals surface area contributed by atoms with Crippen LogP contribution in [0.5, 0.6) is 0 Å². The third kappa shape index (κ3) is 7.25. The molecule has 7 aromatic rings. The third-order valence-corrected chi connectivity index (χ3v) is 13.1. The molecule has 0 atom stereocenters. The van der Waals surface area contributed by atoms with Crippen molar-refractivity contribution in [2.75, 3.05) is 4.90 Å². The summed E-state index contributed by atoms with van der Waals surface area (Å²) in [6, 6.07) is 58.3. The Kier molecular flexibility index (Phi) is 9.77. The fourth-order valence-corrected chi connectivity index (χ4v) is 9.62. The van der Waals surface area contributed by atoms with Gasteiger partial charge in [0.25, 0.3) is 0 Å². The SMILES string of the molecule is CC1(C)c2cc(/C=C/C3=CCCC=C3)ccc2-c2ccc(N(c3ccc(/C=C/c4ccccc4)cc3)c3ccc4c(c3)C(C)(C)c3cc(/C=C/c5ccccc5)ccc3-4)cc21. The Bertz CT molecular complexity index is 2930. The standard InChI is InChI=1S/C60H51N/c1-59(2)55-38-46(24-22-43-16-10-6-11-17-43)28-34-51(55)53-36-32-49(40-57(53)59)61(48-30-26-45(27-31-48)21-20-42-14-8-5-9-15-42)50-33-37-54-52-35-29-47(25-23-44-18-12-7-13-19-44)39-56(52)60(3,4)58(54)41-50/h5-6,8-12,14-41H,7,13H2,1-4H3/b21-20+,24-22+,25-23+. The zero-order chi connectivity index (χ0) is 41.6. The molecule has 0 bridgehead atoms. The van der Waals surface area contributed by atoms with Crippen LogP contribution in [0.1, 0.15) is 90.6 Å².